The molecule has 6 rings (SSSR count). The lowest BCUT2D eigenvalue weighted by Crippen LogP contribution is -2.33. The van der Waals surface area contributed by atoms with Crippen LogP contribution in [0, 0.1) is 17.0 Å². The number of nitro benzene ring substituents is 1. The largest absolute Gasteiger partial charge is 0.449 e. The van der Waals surface area contributed by atoms with Gasteiger partial charge in [-0.2, -0.15) is 14.5 Å². The van der Waals surface area contributed by atoms with Crippen molar-refractivity contribution >= 4 is 50.0 Å². The van der Waals surface area contributed by atoms with Crippen LogP contribution in [0.1, 0.15) is 29.5 Å². The minimum atomic E-state index is -4.36. The maximum atomic E-state index is 13.8. The second-order valence-electron chi connectivity index (χ2n) is 11.4. The molecule has 262 valence electrons. The number of fused-ring (bicyclic) bond motifs is 1. The minimum Gasteiger partial charge on any atom is -0.449 e. The smallest absolute Gasteiger partial charge is 0.412 e. The predicted molar refractivity (Wildman–Crippen MR) is 186 cm³/mol. The van der Waals surface area contributed by atoms with E-state index < -0.39 is 31.6 Å². The van der Waals surface area contributed by atoms with E-state index in [0.29, 0.717) is 35.8 Å². The summed E-state index contributed by atoms with van der Waals surface area (Å²) in [6, 6.07) is 26.4. The number of pyridine rings is 2. The summed E-state index contributed by atoms with van der Waals surface area (Å²) in [5.41, 5.74) is 3.34. The molecule has 2 aromatic heterocycles. The zero-order chi connectivity index (χ0) is 35.8. The monoisotopic (exact) mass is 711 g/mol. The molecule has 0 spiro atoms. The van der Waals surface area contributed by atoms with Crippen LogP contribution in [0.25, 0.3) is 11.0 Å². The van der Waals surface area contributed by atoms with Crippen molar-refractivity contribution < 1.29 is 32.3 Å². The Morgan fingerprint density at radius 2 is 1.61 bits per heavy atom. The van der Waals surface area contributed by atoms with Crippen molar-refractivity contribution in [3.63, 3.8) is 0 Å². The molecule has 51 heavy (non-hydrogen) atoms. The van der Waals surface area contributed by atoms with E-state index in [1.54, 1.807) is 48.5 Å². The number of carbonyl (C=O) groups is 1. The Hall–Kier alpha value is -5.68. The summed E-state index contributed by atoms with van der Waals surface area (Å²) in [7, 11) is -4.36. The first kappa shape index (κ1) is 35.2. The number of nitrogens with zero attached hydrogens (tertiary/aromatic N) is 6. The van der Waals surface area contributed by atoms with Crippen LogP contribution in [0.15, 0.2) is 112 Å². The van der Waals surface area contributed by atoms with E-state index in [4.69, 9.17) is 14.2 Å². The summed E-state index contributed by atoms with van der Waals surface area (Å²) in [5, 5.41) is 23.6. The molecule has 5 aromatic rings. The Morgan fingerprint density at radius 3 is 2.31 bits per heavy atom. The number of rotatable bonds is 13. The summed E-state index contributed by atoms with van der Waals surface area (Å²) < 4.78 is 45.1. The van der Waals surface area contributed by atoms with Crippen LogP contribution in [0.3, 0.4) is 0 Å². The lowest BCUT2D eigenvalue weighted by Gasteiger charge is -2.22. The van der Waals surface area contributed by atoms with Gasteiger partial charge in [-0.15, -0.1) is 0 Å². The number of hydrogen-bond acceptors (Lipinski definition) is 12. The van der Waals surface area contributed by atoms with Gasteiger partial charge in [0.05, 0.1) is 36.1 Å². The van der Waals surface area contributed by atoms with Gasteiger partial charge in [-0.05, 0) is 73.5 Å². The molecular weight excluding hydrogens is 678 g/mol. The summed E-state index contributed by atoms with van der Waals surface area (Å²) >= 11 is 0. The fourth-order valence-corrected chi connectivity index (χ4v) is 6.82. The maximum Gasteiger partial charge on any atom is 0.412 e. The predicted octanol–water partition coefficient (Wildman–Crippen LogP) is 7.14. The number of anilines is 1. The van der Waals surface area contributed by atoms with Crippen LogP contribution in [0.4, 0.5) is 27.7 Å². The number of benzene rings is 3. The highest BCUT2D eigenvalue weighted by molar-refractivity contribution is 7.89. The number of ether oxygens (including phenoxy) is 3. The van der Waals surface area contributed by atoms with E-state index in [2.05, 4.69) is 25.5 Å². The van der Waals surface area contributed by atoms with Gasteiger partial charge >= 0.3 is 6.09 Å². The molecule has 3 heterocycles. The molecule has 1 aliphatic heterocycles. The number of aromatic nitrogens is 2. The van der Waals surface area contributed by atoms with Crippen molar-refractivity contribution in [2.24, 2.45) is 10.2 Å². The molecule has 1 aliphatic rings. The number of nitro groups is 1. The van der Waals surface area contributed by atoms with Crippen molar-refractivity contribution in [2.75, 3.05) is 31.7 Å². The van der Waals surface area contributed by atoms with Crippen LogP contribution in [-0.2, 0) is 30.8 Å². The molecule has 0 aliphatic carbocycles. The van der Waals surface area contributed by atoms with Gasteiger partial charge in [0.2, 0.25) is 10.0 Å². The normalized spacial score (nSPS) is 13.6. The average Bonchev–Trinajstić information content (AvgIpc) is 3.68. The molecule has 0 unspecified atom stereocenters. The van der Waals surface area contributed by atoms with Gasteiger partial charge in [-0.3, -0.25) is 15.4 Å². The zero-order valence-corrected chi connectivity index (χ0v) is 28.2. The van der Waals surface area contributed by atoms with Crippen LogP contribution in [0.2, 0.25) is 0 Å². The lowest BCUT2D eigenvalue weighted by atomic mass is 10.2. The van der Waals surface area contributed by atoms with Gasteiger partial charge in [0, 0.05) is 35.8 Å². The van der Waals surface area contributed by atoms with Crippen LogP contribution in [0.5, 0.6) is 0 Å². The van der Waals surface area contributed by atoms with Gasteiger partial charge in [0.15, 0.2) is 16.8 Å². The van der Waals surface area contributed by atoms with E-state index in [1.807, 2.05) is 31.2 Å². The van der Waals surface area contributed by atoms with Gasteiger partial charge < -0.3 is 14.2 Å². The van der Waals surface area contributed by atoms with Crippen LogP contribution in [-0.4, -0.2) is 60.1 Å². The minimum absolute atomic E-state index is 0.100. The van der Waals surface area contributed by atoms with Gasteiger partial charge in [0.1, 0.15) is 5.82 Å². The molecule has 15 nitrogen and oxygen atoms in total. The third-order valence-corrected chi connectivity index (χ3v) is 9.64. The maximum absolute atomic E-state index is 13.8. The molecule has 1 fully saturated rings. The van der Waals surface area contributed by atoms with Crippen LogP contribution >= 0.6 is 0 Å². The summed E-state index contributed by atoms with van der Waals surface area (Å²) in [6.07, 6.45) is -1.06. The Balaban J connectivity index is 1.11. The van der Waals surface area contributed by atoms with Gasteiger partial charge in [0.25, 0.3) is 5.69 Å². The fourth-order valence-electron chi connectivity index (χ4n) is 5.20. The summed E-state index contributed by atoms with van der Waals surface area (Å²) in [4.78, 5) is 31.7. The van der Waals surface area contributed by atoms with Crippen molar-refractivity contribution in [1.82, 2.24) is 14.3 Å². The third kappa shape index (κ3) is 8.92. The Labute approximate surface area is 293 Å². The number of azo groups is 1. The lowest BCUT2D eigenvalue weighted by molar-refractivity contribution is -0.387. The number of hydrogen-bond donors (Lipinski definition) is 1. The molecule has 1 N–H and O–H groups in total. The van der Waals surface area contributed by atoms with E-state index in [1.165, 1.54) is 18.2 Å². The van der Waals surface area contributed by atoms with Crippen molar-refractivity contribution in [3.05, 3.63) is 124 Å². The molecule has 0 bridgehead atoms. The average molecular weight is 712 g/mol. The highest BCUT2D eigenvalue weighted by Crippen LogP contribution is 2.29. The number of carbonyl (C=O) groups excluding carboxylic acids is 1. The molecule has 0 saturated carbocycles. The fraction of sp³-hybridized carbons (Fsp3) is 0.229. The molecule has 16 heteroatoms. The highest BCUT2D eigenvalue weighted by Gasteiger charge is 2.31. The topological polar surface area (TPSA) is 188 Å². The summed E-state index contributed by atoms with van der Waals surface area (Å²) in [5.74, 6) is 0.247. The third-order valence-electron chi connectivity index (χ3n) is 7.75. The molecule has 1 amide bonds. The van der Waals surface area contributed by atoms with Crippen molar-refractivity contribution in [3.8, 4) is 0 Å². The molecule has 3 aromatic carbocycles. The number of nitrogens with one attached hydrogen (secondary N) is 1. The van der Waals surface area contributed by atoms with E-state index in [-0.39, 0.29) is 38.2 Å². The van der Waals surface area contributed by atoms with Gasteiger partial charge in [-0.25, -0.2) is 23.2 Å². The Morgan fingerprint density at radius 1 is 0.941 bits per heavy atom. The first-order valence-electron chi connectivity index (χ1n) is 15.9. The van der Waals surface area contributed by atoms with Crippen molar-refractivity contribution in [2.45, 2.75) is 31.1 Å². The number of amides is 1. The SMILES string of the molecule is Cc1ccc2ccc(NC(=O)OCCCN(Cc3ccc(N=Nc4ccc(C5OCCO5)cc4)cc3)S(=O)(=O)c3ccccc3[N+](=O)[O-])nc2n1. The first-order valence-corrected chi connectivity index (χ1v) is 17.4. The van der Waals surface area contributed by atoms with E-state index in [9.17, 15) is 23.3 Å². The molecule has 0 radical (unpaired) electrons. The number of para-hydroxylation sites is 1. The van der Waals surface area contributed by atoms with Crippen LogP contribution < -0.4 is 5.32 Å². The highest BCUT2D eigenvalue weighted by atomic mass is 32.2. The second-order valence-corrected chi connectivity index (χ2v) is 13.3. The molecule has 1 saturated heterocycles. The van der Waals surface area contributed by atoms with Crippen molar-refractivity contribution in [1.29, 1.82) is 0 Å². The van der Waals surface area contributed by atoms with E-state index in [0.717, 1.165) is 27.0 Å². The number of sulfonamides is 1. The van der Waals surface area contributed by atoms with Gasteiger partial charge in [-0.1, -0.05) is 36.4 Å². The number of aryl methyl sites for hydroxylation is 1. The Bertz CT molecular complexity index is 2160. The van der Waals surface area contributed by atoms with E-state index >= 15 is 0 Å². The Kier molecular flexibility index (Phi) is 11.0. The molecule has 0 atom stereocenters. The second kappa shape index (κ2) is 15.9. The first-order chi connectivity index (χ1) is 24.7. The zero-order valence-electron chi connectivity index (χ0n) is 27.4. The standard InChI is InChI=1S/C35H33N7O8S/c1-24-7-10-26-13-18-32(37-33(26)36-24)38-35(43)50-20-4-19-41(51(46,47)31-6-3-2-5-30(31)42(44)45)23-25-8-14-28(15-9-25)39-40-29-16-11-27(12-17-29)34-48-21-22-49-34/h2-3,5-18,34H,4,19-23H2,1H3,(H,36,37,38,43). The summed E-state index contributed by atoms with van der Waals surface area (Å²) in [6.45, 7) is 2.58. The molecular formula is C35H33N7O8S. The quantitative estimate of drug-likeness (QED) is 0.0569.